The summed E-state index contributed by atoms with van der Waals surface area (Å²) in [6.45, 7) is -0.102. The predicted octanol–water partition coefficient (Wildman–Crippen LogP) is 2.68. The Balaban J connectivity index is 2.01. The van der Waals surface area contributed by atoms with Crippen molar-refractivity contribution in [1.29, 1.82) is 0 Å². The number of hydrogen-bond donors (Lipinski definition) is 3. The van der Waals surface area contributed by atoms with Crippen LogP contribution in [0.4, 0.5) is 19.0 Å². The largest absolute Gasteiger partial charge is 0.477 e. The van der Waals surface area contributed by atoms with Crippen LogP contribution in [0.2, 0.25) is 0 Å². The van der Waals surface area contributed by atoms with Crippen LogP contribution in [0.25, 0.3) is 0 Å². The van der Waals surface area contributed by atoms with E-state index in [-0.39, 0.29) is 37.3 Å². The highest BCUT2D eigenvalue weighted by Gasteiger charge is 2.46. The molecule has 3 N–H and O–H groups in total. The van der Waals surface area contributed by atoms with E-state index in [0.717, 1.165) is 0 Å². The molecule has 5 nitrogen and oxygen atoms in total. The molecule has 122 valence electrons. The van der Waals surface area contributed by atoms with E-state index in [1.165, 1.54) is 18.2 Å². The summed E-state index contributed by atoms with van der Waals surface area (Å²) in [7, 11) is 0. The van der Waals surface area contributed by atoms with Crippen molar-refractivity contribution in [2.24, 2.45) is 5.92 Å². The van der Waals surface area contributed by atoms with Crippen LogP contribution >= 0.6 is 0 Å². The molecule has 0 aromatic carbocycles. The lowest BCUT2D eigenvalue weighted by molar-refractivity contribution is -0.199. The molecule has 1 aromatic heterocycles. The van der Waals surface area contributed by atoms with E-state index in [1.807, 2.05) is 0 Å². The number of aromatic carboxylic acids is 1. The Morgan fingerprint density at radius 2 is 2.18 bits per heavy atom. The number of carboxylic acids is 1. The molecule has 1 heterocycles. The van der Waals surface area contributed by atoms with E-state index >= 15 is 0 Å². The van der Waals surface area contributed by atoms with Crippen LogP contribution in [-0.2, 0) is 0 Å². The van der Waals surface area contributed by atoms with Crippen molar-refractivity contribution in [3.05, 3.63) is 23.9 Å². The maximum atomic E-state index is 12.8. The smallest absolute Gasteiger partial charge is 0.391 e. The lowest BCUT2D eigenvalue weighted by Crippen LogP contribution is -2.45. The van der Waals surface area contributed by atoms with Crippen LogP contribution in [0, 0.1) is 5.92 Å². The second kappa shape index (κ2) is 6.12. The Hall–Kier alpha value is -1.83. The van der Waals surface area contributed by atoms with Gasteiger partial charge < -0.3 is 15.5 Å². The Labute approximate surface area is 125 Å². The fraction of sp³-hybridized carbons (Fsp3) is 0.571. The number of aromatic nitrogens is 1. The summed E-state index contributed by atoms with van der Waals surface area (Å²) >= 11 is 0. The third-order valence-corrected chi connectivity index (χ3v) is 3.85. The molecule has 0 bridgehead atoms. The minimum absolute atomic E-state index is 0.0263. The summed E-state index contributed by atoms with van der Waals surface area (Å²) in [4.78, 5) is 14.6. The van der Waals surface area contributed by atoms with Crippen LogP contribution in [-0.4, -0.2) is 39.5 Å². The number of aliphatic hydroxyl groups is 1. The summed E-state index contributed by atoms with van der Waals surface area (Å²) in [5.74, 6) is -2.49. The first-order valence-corrected chi connectivity index (χ1v) is 6.93. The predicted molar refractivity (Wildman–Crippen MR) is 72.6 cm³/mol. The third kappa shape index (κ3) is 4.09. The van der Waals surface area contributed by atoms with E-state index in [4.69, 9.17) is 5.11 Å². The van der Waals surface area contributed by atoms with Gasteiger partial charge in [0.2, 0.25) is 0 Å². The van der Waals surface area contributed by atoms with Crippen molar-refractivity contribution in [2.75, 3.05) is 11.9 Å². The Morgan fingerprint density at radius 3 is 2.82 bits per heavy atom. The van der Waals surface area contributed by atoms with E-state index in [2.05, 4.69) is 10.3 Å². The maximum absolute atomic E-state index is 12.8. The standard InChI is InChI=1S/C14H17F3N2O3/c15-14(16,17)9-3-2-6-13(22,7-9)8-18-11-5-1-4-10(19-11)12(20)21/h1,4-5,9,22H,2-3,6-8H2,(H,18,19)(H,20,21). The van der Waals surface area contributed by atoms with Gasteiger partial charge in [-0.3, -0.25) is 0 Å². The monoisotopic (exact) mass is 318 g/mol. The van der Waals surface area contributed by atoms with Gasteiger partial charge in [0, 0.05) is 6.54 Å². The minimum atomic E-state index is -4.31. The number of pyridine rings is 1. The van der Waals surface area contributed by atoms with Gasteiger partial charge in [0.25, 0.3) is 0 Å². The number of halogens is 3. The zero-order valence-corrected chi connectivity index (χ0v) is 11.7. The number of nitrogens with zero attached hydrogens (tertiary/aromatic N) is 1. The van der Waals surface area contributed by atoms with Crippen molar-refractivity contribution in [3.63, 3.8) is 0 Å². The van der Waals surface area contributed by atoms with Crippen LogP contribution in [0.15, 0.2) is 18.2 Å². The molecule has 8 heteroatoms. The van der Waals surface area contributed by atoms with Crippen LogP contribution in [0.5, 0.6) is 0 Å². The van der Waals surface area contributed by atoms with Gasteiger partial charge in [0.05, 0.1) is 11.5 Å². The lowest BCUT2D eigenvalue weighted by atomic mass is 9.77. The Kier molecular flexibility index (Phi) is 4.60. The van der Waals surface area contributed by atoms with Gasteiger partial charge >= 0.3 is 12.1 Å². The Morgan fingerprint density at radius 1 is 1.45 bits per heavy atom. The van der Waals surface area contributed by atoms with Crippen molar-refractivity contribution in [3.8, 4) is 0 Å². The zero-order valence-electron chi connectivity index (χ0n) is 11.7. The molecule has 1 saturated carbocycles. The first-order chi connectivity index (χ1) is 10.2. The number of anilines is 1. The number of nitrogens with one attached hydrogen (secondary N) is 1. The number of alkyl halides is 3. The maximum Gasteiger partial charge on any atom is 0.391 e. The van der Waals surface area contributed by atoms with E-state index in [9.17, 15) is 23.1 Å². The molecule has 0 amide bonds. The zero-order chi connectivity index (χ0) is 16.4. The average molecular weight is 318 g/mol. The van der Waals surface area contributed by atoms with Gasteiger partial charge in [0.1, 0.15) is 5.82 Å². The third-order valence-electron chi connectivity index (χ3n) is 3.85. The van der Waals surface area contributed by atoms with Crippen LogP contribution in [0.1, 0.15) is 36.2 Å². The highest BCUT2D eigenvalue weighted by Crippen LogP contribution is 2.41. The molecule has 1 aliphatic carbocycles. The molecule has 0 aliphatic heterocycles. The van der Waals surface area contributed by atoms with Gasteiger partial charge in [-0.15, -0.1) is 0 Å². The highest BCUT2D eigenvalue weighted by molar-refractivity contribution is 5.85. The number of hydrogen-bond acceptors (Lipinski definition) is 4. The fourth-order valence-corrected chi connectivity index (χ4v) is 2.69. The SMILES string of the molecule is O=C(O)c1cccc(NCC2(O)CCCC(C(F)(F)F)C2)n1. The fourth-order valence-electron chi connectivity index (χ4n) is 2.69. The van der Waals surface area contributed by atoms with Crippen LogP contribution < -0.4 is 5.32 Å². The van der Waals surface area contributed by atoms with Gasteiger partial charge in [-0.05, 0) is 37.8 Å². The van der Waals surface area contributed by atoms with Crippen molar-refractivity contribution in [2.45, 2.75) is 37.5 Å². The first kappa shape index (κ1) is 16.5. The van der Waals surface area contributed by atoms with Crippen molar-refractivity contribution >= 4 is 11.8 Å². The number of rotatable bonds is 4. The summed E-state index contributed by atoms with van der Waals surface area (Å²) in [6, 6.07) is 4.28. The molecule has 0 spiro atoms. The summed E-state index contributed by atoms with van der Waals surface area (Å²) in [5, 5.41) is 21.9. The molecule has 2 unspecified atom stereocenters. The second-order valence-electron chi connectivity index (χ2n) is 5.63. The second-order valence-corrected chi connectivity index (χ2v) is 5.63. The molecule has 0 radical (unpaired) electrons. The van der Waals surface area contributed by atoms with Gasteiger partial charge in [-0.2, -0.15) is 13.2 Å². The molecular formula is C14H17F3N2O3. The lowest BCUT2D eigenvalue weighted by Gasteiger charge is -2.37. The topological polar surface area (TPSA) is 82.5 Å². The summed E-state index contributed by atoms with van der Waals surface area (Å²) in [5.41, 5.74) is -1.65. The quantitative estimate of drug-likeness (QED) is 0.795. The van der Waals surface area contributed by atoms with Gasteiger partial charge in [0.15, 0.2) is 5.69 Å². The average Bonchev–Trinajstić information content (AvgIpc) is 2.45. The van der Waals surface area contributed by atoms with Gasteiger partial charge in [-0.25, -0.2) is 9.78 Å². The van der Waals surface area contributed by atoms with Gasteiger partial charge in [-0.1, -0.05) is 6.07 Å². The van der Waals surface area contributed by atoms with E-state index in [1.54, 1.807) is 0 Å². The highest BCUT2D eigenvalue weighted by atomic mass is 19.4. The molecule has 1 aromatic rings. The molecule has 1 aliphatic rings. The molecule has 22 heavy (non-hydrogen) atoms. The summed E-state index contributed by atoms with van der Waals surface area (Å²) in [6.07, 6.45) is -4.08. The Bertz CT molecular complexity index is 550. The number of carboxylic acid groups (broad SMARTS) is 1. The summed E-state index contributed by atoms with van der Waals surface area (Å²) < 4.78 is 38.3. The number of carbonyl (C=O) groups is 1. The molecule has 2 rings (SSSR count). The molecule has 1 fully saturated rings. The minimum Gasteiger partial charge on any atom is -0.477 e. The normalized spacial score (nSPS) is 25.7. The molecule has 0 saturated heterocycles. The van der Waals surface area contributed by atoms with E-state index < -0.39 is 23.7 Å². The molecular weight excluding hydrogens is 301 g/mol. The van der Waals surface area contributed by atoms with Crippen molar-refractivity contribution in [1.82, 2.24) is 4.98 Å². The van der Waals surface area contributed by atoms with Crippen molar-refractivity contribution < 1.29 is 28.2 Å². The molecule has 2 atom stereocenters. The van der Waals surface area contributed by atoms with Crippen LogP contribution in [0.3, 0.4) is 0 Å². The van der Waals surface area contributed by atoms with E-state index in [0.29, 0.717) is 6.42 Å². The first-order valence-electron chi connectivity index (χ1n) is 6.93.